The molecule has 0 aliphatic carbocycles. The quantitative estimate of drug-likeness (QED) is 0.869. The molecule has 1 fully saturated rings. The maximum Gasteiger partial charge on any atom is 0.254 e. The van der Waals surface area contributed by atoms with Crippen LogP contribution >= 0.6 is 11.6 Å². The molecule has 1 aliphatic heterocycles. The number of halogens is 2. The van der Waals surface area contributed by atoms with Crippen molar-refractivity contribution in [2.24, 2.45) is 0 Å². The second-order valence-electron chi connectivity index (χ2n) is 4.03. The zero-order valence-corrected chi connectivity index (χ0v) is 10.5. The van der Waals surface area contributed by atoms with Crippen molar-refractivity contribution in [1.29, 1.82) is 0 Å². The number of morpholine rings is 1. The number of nitrogens with one attached hydrogen (secondary N) is 2. The summed E-state index contributed by atoms with van der Waals surface area (Å²) in [5.74, 6) is -1.07. The minimum atomic E-state index is -0.584. The van der Waals surface area contributed by atoms with Gasteiger partial charge in [0.1, 0.15) is 5.82 Å². The Morgan fingerprint density at radius 3 is 3.17 bits per heavy atom. The van der Waals surface area contributed by atoms with E-state index in [9.17, 15) is 9.18 Å². The molecule has 1 amide bonds. The molecular formula is C12H14ClFN2O2. The highest BCUT2D eigenvalue weighted by atomic mass is 35.5. The molecule has 1 aromatic carbocycles. The molecule has 1 saturated heterocycles. The lowest BCUT2D eigenvalue weighted by Crippen LogP contribution is -2.45. The summed E-state index contributed by atoms with van der Waals surface area (Å²) in [5.41, 5.74) is -0.0498. The fraction of sp³-hybridized carbons (Fsp3) is 0.417. The van der Waals surface area contributed by atoms with Crippen molar-refractivity contribution in [3.05, 3.63) is 34.6 Å². The smallest absolute Gasteiger partial charge is 0.254 e. The maximum absolute atomic E-state index is 13.4. The van der Waals surface area contributed by atoms with Crippen molar-refractivity contribution in [3.8, 4) is 0 Å². The molecule has 98 valence electrons. The van der Waals surface area contributed by atoms with Gasteiger partial charge in [0.25, 0.3) is 5.91 Å². The Balaban J connectivity index is 1.92. The molecule has 2 N–H and O–H groups in total. The summed E-state index contributed by atoms with van der Waals surface area (Å²) in [6.07, 6.45) is -0.0788. The van der Waals surface area contributed by atoms with Gasteiger partial charge in [-0.1, -0.05) is 11.6 Å². The lowest BCUT2D eigenvalue weighted by Gasteiger charge is -2.23. The molecule has 0 aromatic heterocycles. The largest absolute Gasteiger partial charge is 0.374 e. The fourth-order valence-electron chi connectivity index (χ4n) is 1.72. The summed E-state index contributed by atoms with van der Waals surface area (Å²) < 4.78 is 18.8. The first-order chi connectivity index (χ1) is 8.66. The molecule has 1 atom stereocenters. The molecule has 0 spiro atoms. The number of amides is 1. The summed E-state index contributed by atoms with van der Waals surface area (Å²) in [7, 11) is 0. The molecule has 18 heavy (non-hydrogen) atoms. The average Bonchev–Trinajstić information content (AvgIpc) is 2.40. The number of carbonyl (C=O) groups is 1. The van der Waals surface area contributed by atoms with E-state index < -0.39 is 11.7 Å². The van der Waals surface area contributed by atoms with Crippen molar-refractivity contribution in [2.45, 2.75) is 6.10 Å². The van der Waals surface area contributed by atoms with Gasteiger partial charge in [-0.05, 0) is 18.2 Å². The van der Waals surface area contributed by atoms with Gasteiger partial charge in [0.2, 0.25) is 0 Å². The monoisotopic (exact) mass is 272 g/mol. The number of hydrogen-bond donors (Lipinski definition) is 2. The molecule has 1 unspecified atom stereocenters. The van der Waals surface area contributed by atoms with Gasteiger partial charge >= 0.3 is 0 Å². The second-order valence-corrected chi connectivity index (χ2v) is 4.47. The van der Waals surface area contributed by atoms with Gasteiger partial charge in [-0.15, -0.1) is 0 Å². The molecule has 4 nitrogen and oxygen atoms in total. The van der Waals surface area contributed by atoms with Gasteiger partial charge < -0.3 is 15.4 Å². The molecule has 6 heteroatoms. The number of ether oxygens (including phenoxy) is 1. The zero-order valence-electron chi connectivity index (χ0n) is 9.71. The molecule has 1 aromatic rings. The van der Waals surface area contributed by atoms with Gasteiger partial charge in [0.05, 0.1) is 18.3 Å². The van der Waals surface area contributed by atoms with Crippen molar-refractivity contribution in [1.82, 2.24) is 10.6 Å². The molecule has 0 saturated carbocycles. The van der Waals surface area contributed by atoms with E-state index in [-0.39, 0.29) is 11.7 Å². The highest BCUT2D eigenvalue weighted by molar-refractivity contribution is 6.30. The lowest BCUT2D eigenvalue weighted by atomic mass is 10.2. The first kappa shape index (κ1) is 13.3. The third-order valence-corrected chi connectivity index (χ3v) is 2.90. The van der Waals surface area contributed by atoms with E-state index in [1.54, 1.807) is 0 Å². The molecular weight excluding hydrogens is 259 g/mol. The number of benzene rings is 1. The van der Waals surface area contributed by atoms with Gasteiger partial charge in [-0.25, -0.2) is 4.39 Å². The van der Waals surface area contributed by atoms with E-state index in [0.29, 0.717) is 24.7 Å². The van der Waals surface area contributed by atoms with Crippen LogP contribution in [-0.4, -0.2) is 38.3 Å². The molecule has 2 rings (SSSR count). The third kappa shape index (κ3) is 3.41. The van der Waals surface area contributed by atoms with E-state index in [0.717, 1.165) is 6.54 Å². The Bertz CT molecular complexity index is 436. The summed E-state index contributed by atoms with van der Waals surface area (Å²) in [5, 5.41) is 6.11. The summed E-state index contributed by atoms with van der Waals surface area (Å²) in [6.45, 7) is 2.45. The summed E-state index contributed by atoms with van der Waals surface area (Å²) in [4.78, 5) is 11.8. The van der Waals surface area contributed by atoms with Crippen LogP contribution in [0.4, 0.5) is 4.39 Å². The van der Waals surface area contributed by atoms with Crippen LogP contribution in [0.1, 0.15) is 10.4 Å². The van der Waals surface area contributed by atoms with Gasteiger partial charge in [-0.3, -0.25) is 4.79 Å². The van der Waals surface area contributed by atoms with Crippen LogP contribution in [0.15, 0.2) is 18.2 Å². The van der Waals surface area contributed by atoms with Crippen LogP contribution in [0.5, 0.6) is 0 Å². The van der Waals surface area contributed by atoms with Crippen molar-refractivity contribution in [3.63, 3.8) is 0 Å². The Morgan fingerprint density at radius 2 is 2.44 bits per heavy atom. The fourth-order valence-corrected chi connectivity index (χ4v) is 1.90. The van der Waals surface area contributed by atoms with E-state index in [2.05, 4.69) is 10.6 Å². The Labute approximate surface area is 109 Å². The first-order valence-corrected chi connectivity index (χ1v) is 6.10. The third-order valence-electron chi connectivity index (χ3n) is 2.67. The highest BCUT2D eigenvalue weighted by Crippen LogP contribution is 2.14. The molecule has 1 aliphatic rings. The minimum absolute atomic E-state index is 0.0498. The van der Waals surface area contributed by atoms with E-state index in [1.165, 1.54) is 18.2 Å². The van der Waals surface area contributed by atoms with Crippen LogP contribution in [0.25, 0.3) is 0 Å². The van der Waals surface area contributed by atoms with Gasteiger partial charge in [0, 0.05) is 24.7 Å². The van der Waals surface area contributed by atoms with E-state index >= 15 is 0 Å². The van der Waals surface area contributed by atoms with Gasteiger partial charge in [0.15, 0.2) is 0 Å². The van der Waals surface area contributed by atoms with E-state index in [4.69, 9.17) is 16.3 Å². The number of hydrogen-bond acceptors (Lipinski definition) is 3. The van der Waals surface area contributed by atoms with Crippen LogP contribution in [-0.2, 0) is 4.74 Å². The Morgan fingerprint density at radius 1 is 1.61 bits per heavy atom. The maximum atomic E-state index is 13.4. The second kappa shape index (κ2) is 6.13. The average molecular weight is 273 g/mol. The van der Waals surface area contributed by atoms with Crippen LogP contribution in [0.2, 0.25) is 5.02 Å². The number of rotatable bonds is 3. The van der Waals surface area contributed by atoms with Crippen LogP contribution in [0.3, 0.4) is 0 Å². The Hall–Kier alpha value is -1.17. The summed E-state index contributed by atoms with van der Waals surface area (Å²) >= 11 is 5.73. The first-order valence-electron chi connectivity index (χ1n) is 5.72. The minimum Gasteiger partial charge on any atom is -0.374 e. The normalized spacial score (nSPS) is 19.6. The van der Waals surface area contributed by atoms with E-state index in [1.807, 2.05) is 0 Å². The van der Waals surface area contributed by atoms with Crippen LogP contribution < -0.4 is 10.6 Å². The predicted octanol–water partition coefficient (Wildman–Crippen LogP) is 1.20. The zero-order chi connectivity index (χ0) is 13.0. The Kier molecular flexibility index (Phi) is 4.52. The SMILES string of the molecule is O=C(NCC1CNCCO1)c1cc(Cl)ccc1F. The molecule has 0 bridgehead atoms. The standard InChI is InChI=1S/C12H14ClFN2O2/c13-8-1-2-11(14)10(5-8)12(17)16-7-9-6-15-3-4-18-9/h1-2,5,9,15H,3-4,6-7H2,(H,16,17). The van der Waals surface area contributed by atoms with Gasteiger partial charge in [-0.2, -0.15) is 0 Å². The van der Waals surface area contributed by atoms with Crippen molar-refractivity contribution in [2.75, 3.05) is 26.2 Å². The number of carbonyl (C=O) groups excluding carboxylic acids is 1. The van der Waals surface area contributed by atoms with Crippen molar-refractivity contribution >= 4 is 17.5 Å². The molecule has 0 radical (unpaired) electrons. The highest BCUT2D eigenvalue weighted by Gasteiger charge is 2.16. The van der Waals surface area contributed by atoms with Crippen molar-refractivity contribution < 1.29 is 13.9 Å². The summed E-state index contributed by atoms with van der Waals surface area (Å²) in [6, 6.07) is 3.89. The van der Waals surface area contributed by atoms with Crippen LogP contribution in [0, 0.1) is 5.82 Å². The molecule has 1 heterocycles. The topological polar surface area (TPSA) is 50.4 Å². The lowest BCUT2D eigenvalue weighted by molar-refractivity contribution is 0.0287. The predicted molar refractivity (Wildman–Crippen MR) is 66.4 cm³/mol.